The van der Waals surface area contributed by atoms with Crippen LogP contribution in [0.15, 0.2) is 45.8 Å². The lowest BCUT2D eigenvalue weighted by molar-refractivity contribution is 0.245. The molecule has 1 aliphatic heterocycles. The molecular formula is C15H15NO3. The maximum atomic E-state index is 11.7. The molecule has 1 aliphatic rings. The van der Waals surface area contributed by atoms with E-state index in [0.29, 0.717) is 12.3 Å². The fourth-order valence-electron chi connectivity index (χ4n) is 2.41. The molecule has 0 saturated carbocycles. The van der Waals surface area contributed by atoms with Crippen LogP contribution in [-0.2, 0) is 19.6 Å². The normalized spacial score (nSPS) is 14.4. The van der Waals surface area contributed by atoms with Crippen LogP contribution in [0.5, 0.6) is 5.75 Å². The highest BCUT2D eigenvalue weighted by Crippen LogP contribution is 2.23. The minimum absolute atomic E-state index is 0.138. The molecule has 0 radical (unpaired) electrons. The summed E-state index contributed by atoms with van der Waals surface area (Å²) in [5, 5.41) is 0. The van der Waals surface area contributed by atoms with Crippen LogP contribution in [0.2, 0.25) is 0 Å². The number of nitrogens with zero attached hydrogens (tertiary/aromatic N) is 1. The number of ether oxygens (including phenoxy) is 1. The summed E-state index contributed by atoms with van der Waals surface area (Å²) in [4.78, 5) is 13.9. The SMILES string of the molecule is COc1coc(CN2Cc3ccccc3C2)cc1=O. The third-order valence-corrected chi connectivity index (χ3v) is 3.36. The number of rotatable bonds is 3. The van der Waals surface area contributed by atoms with Crippen molar-refractivity contribution in [1.82, 2.24) is 4.90 Å². The Labute approximate surface area is 111 Å². The van der Waals surface area contributed by atoms with Gasteiger partial charge in [-0.2, -0.15) is 0 Å². The highest BCUT2D eigenvalue weighted by Gasteiger charge is 2.19. The first-order chi connectivity index (χ1) is 9.26. The zero-order valence-electron chi connectivity index (χ0n) is 10.8. The Balaban J connectivity index is 1.74. The number of methoxy groups -OCH3 is 1. The van der Waals surface area contributed by atoms with Gasteiger partial charge in [-0.15, -0.1) is 0 Å². The van der Waals surface area contributed by atoms with Crippen molar-refractivity contribution >= 4 is 0 Å². The third-order valence-electron chi connectivity index (χ3n) is 3.36. The number of hydrogen-bond acceptors (Lipinski definition) is 4. The summed E-state index contributed by atoms with van der Waals surface area (Å²) in [6.07, 6.45) is 1.38. The van der Waals surface area contributed by atoms with Gasteiger partial charge in [0.25, 0.3) is 0 Å². The van der Waals surface area contributed by atoms with Gasteiger partial charge in [-0.05, 0) is 11.1 Å². The molecule has 1 aromatic heterocycles. The van der Waals surface area contributed by atoms with Crippen molar-refractivity contribution in [3.63, 3.8) is 0 Å². The van der Waals surface area contributed by atoms with Gasteiger partial charge in [0.15, 0.2) is 0 Å². The first kappa shape index (κ1) is 12.0. The van der Waals surface area contributed by atoms with Gasteiger partial charge < -0.3 is 9.15 Å². The van der Waals surface area contributed by atoms with Gasteiger partial charge in [0.2, 0.25) is 11.2 Å². The molecule has 4 nitrogen and oxygen atoms in total. The summed E-state index contributed by atoms with van der Waals surface area (Å²) in [5.41, 5.74) is 2.55. The van der Waals surface area contributed by atoms with E-state index in [2.05, 4.69) is 29.2 Å². The van der Waals surface area contributed by atoms with Crippen molar-refractivity contribution in [3.8, 4) is 5.75 Å². The van der Waals surface area contributed by atoms with Crippen molar-refractivity contribution in [2.24, 2.45) is 0 Å². The van der Waals surface area contributed by atoms with Crippen LogP contribution in [0, 0.1) is 0 Å². The van der Waals surface area contributed by atoms with Crippen molar-refractivity contribution in [2.45, 2.75) is 19.6 Å². The molecule has 0 saturated heterocycles. The average Bonchev–Trinajstić information content (AvgIpc) is 2.81. The molecule has 0 amide bonds. The minimum atomic E-state index is -0.138. The van der Waals surface area contributed by atoms with E-state index in [9.17, 15) is 4.79 Å². The van der Waals surface area contributed by atoms with Gasteiger partial charge in [-0.3, -0.25) is 9.69 Å². The Hall–Kier alpha value is -2.07. The molecule has 98 valence electrons. The summed E-state index contributed by atoms with van der Waals surface area (Å²) < 4.78 is 10.3. The number of fused-ring (bicyclic) bond motifs is 1. The fraction of sp³-hybridized carbons (Fsp3) is 0.267. The second-order valence-electron chi connectivity index (χ2n) is 4.69. The minimum Gasteiger partial charge on any atom is -0.490 e. The molecule has 19 heavy (non-hydrogen) atoms. The van der Waals surface area contributed by atoms with Gasteiger partial charge in [0, 0.05) is 19.2 Å². The molecule has 0 unspecified atom stereocenters. The molecule has 1 aromatic carbocycles. The summed E-state index contributed by atoms with van der Waals surface area (Å²) in [6.45, 7) is 2.42. The van der Waals surface area contributed by atoms with Crippen LogP contribution in [0.4, 0.5) is 0 Å². The van der Waals surface area contributed by atoms with E-state index in [1.54, 1.807) is 0 Å². The van der Waals surface area contributed by atoms with Crippen molar-refractivity contribution in [2.75, 3.05) is 7.11 Å². The van der Waals surface area contributed by atoms with Crippen LogP contribution in [-0.4, -0.2) is 12.0 Å². The first-order valence-corrected chi connectivity index (χ1v) is 6.21. The summed E-state index contributed by atoms with van der Waals surface area (Å²) in [6, 6.07) is 9.88. The molecule has 4 heteroatoms. The van der Waals surface area contributed by atoms with E-state index in [0.717, 1.165) is 13.1 Å². The highest BCUT2D eigenvalue weighted by molar-refractivity contribution is 5.30. The second-order valence-corrected chi connectivity index (χ2v) is 4.69. The predicted molar refractivity (Wildman–Crippen MR) is 70.9 cm³/mol. The predicted octanol–water partition coefficient (Wildman–Crippen LogP) is 2.16. The number of benzene rings is 1. The van der Waals surface area contributed by atoms with Gasteiger partial charge in [0.05, 0.1) is 13.7 Å². The Morgan fingerprint density at radius 2 is 1.95 bits per heavy atom. The van der Waals surface area contributed by atoms with Gasteiger partial charge in [-0.1, -0.05) is 24.3 Å². The topological polar surface area (TPSA) is 42.7 Å². The smallest absolute Gasteiger partial charge is 0.227 e. The van der Waals surface area contributed by atoms with Crippen molar-refractivity contribution in [3.05, 3.63) is 63.7 Å². The van der Waals surface area contributed by atoms with Gasteiger partial charge >= 0.3 is 0 Å². The molecule has 0 N–H and O–H groups in total. The van der Waals surface area contributed by atoms with Crippen molar-refractivity contribution < 1.29 is 9.15 Å². The Kier molecular flexibility index (Phi) is 3.09. The van der Waals surface area contributed by atoms with E-state index in [1.807, 2.05) is 0 Å². The Morgan fingerprint density at radius 1 is 1.26 bits per heavy atom. The van der Waals surface area contributed by atoms with Crippen LogP contribution in [0.25, 0.3) is 0 Å². The maximum Gasteiger partial charge on any atom is 0.227 e. The lowest BCUT2D eigenvalue weighted by atomic mass is 10.1. The van der Waals surface area contributed by atoms with Crippen molar-refractivity contribution in [1.29, 1.82) is 0 Å². The lowest BCUT2D eigenvalue weighted by Crippen LogP contribution is -2.17. The second kappa shape index (κ2) is 4.90. The van der Waals surface area contributed by atoms with E-state index >= 15 is 0 Å². The van der Waals surface area contributed by atoms with E-state index in [1.165, 1.54) is 30.6 Å². The third kappa shape index (κ3) is 2.39. The molecule has 0 bridgehead atoms. The quantitative estimate of drug-likeness (QED) is 0.845. The van der Waals surface area contributed by atoms with Crippen LogP contribution in [0.3, 0.4) is 0 Å². The van der Waals surface area contributed by atoms with E-state index < -0.39 is 0 Å². The van der Waals surface area contributed by atoms with Crippen LogP contribution in [0.1, 0.15) is 16.9 Å². The largest absolute Gasteiger partial charge is 0.490 e. The fourth-order valence-corrected chi connectivity index (χ4v) is 2.41. The Bertz CT molecular complexity index is 623. The molecule has 0 spiro atoms. The maximum absolute atomic E-state index is 11.7. The van der Waals surface area contributed by atoms with E-state index in [-0.39, 0.29) is 11.2 Å². The molecule has 2 heterocycles. The summed E-state index contributed by atoms with van der Waals surface area (Å²) in [7, 11) is 1.46. The van der Waals surface area contributed by atoms with Gasteiger partial charge in [-0.25, -0.2) is 0 Å². The van der Waals surface area contributed by atoms with Gasteiger partial charge in [0.1, 0.15) is 12.0 Å². The number of hydrogen-bond donors (Lipinski definition) is 0. The average molecular weight is 257 g/mol. The standard InChI is InChI=1S/C15H15NO3/c1-18-15-10-19-13(6-14(15)17)9-16-7-11-4-2-3-5-12(11)8-16/h2-6,10H,7-9H2,1H3. The monoisotopic (exact) mass is 257 g/mol. The molecule has 2 aromatic rings. The zero-order chi connectivity index (χ0) is 13.2. The first-order valence-electron chi connectivity index (χ1n) is 6.21. The molecule has 0 atom stereocenters. The van der Waals surface area contributed by atoms with Crippen LogP contribution >= 0.6 is 0 Å². The van der Waals surface area contributed by atoms with E-state index in [4.69, 9.17) is 9.15 Å². The molecule has 3 rings (SSSR count). The Morgan fingerprint density at radius 3 is 2.53 bits per heavy atom. The molecule has 0 aliphatic carbocycles. The van der Waals surface area contributed by atoms with Crippen LogP contribution < -0.4 is 10.2 Å². The summed E-state index contributed by atoms with van der Waals surface area (Å²) in [5.74, 6) is 0.909. The highest BCUT2D eigenvalue weighted by atomic mass is 16.5. The summed E-state index contributed by atoms with van der Waals surface area (Å²) >= 11 is 0. The molecule has 0 fully saturated rings. The zero-order valence-corrected chi connectivity index (χ0v) is 10.8. The molecular weight excluding hydrogens is 242 g/mol. The lowest BCUT2D eigenvalue weighted by Gasteiger charge is -2.13.